The third-order valence-corrected chi connectivity index (χ3v) is 4.01. The lowest BCUT2D eigenvalue weighted by Gasteiger charge is -2.23. The van der Waals surface area contributed by atoms with Crippen LogP contribution in [0.25, 0.3) is 11.4 Å². The number of aromatic amines is 1. The average molecular weight is 309 g/mol. The Morgan fingerprint density at radius 2 is 2.33 bits per heavy atom. The normalized spacial score (nSPS) is 18.2. The Kier molecular flexibility index (Phi) is 3.63. The summed E-state index contributed by atoms with van der Waals surface area (Å²) >= 11 is 6.09. The second kappa shape index (κ2) is 5.44. The van der Waals surface area contributed by atoms with Gasteiger partial charge in [0.1, 0.15) is 10.8 Å². The van der Waals surface area contributed by atoms with E-state index in [0.717, 1.165) is 19.4 Å². The molecule has 3 rings (SSSR count). The highest BCUT2D eigenvalue weighted by Crippen LogP contribution is 2.29. The van der Waals surface area contributed by atoms with Crippen molar-refractivity contribution in [2.75, 3.05) is 11.4 Å². The first-order valence-electron chi connectivity index (χ1n) is 6.74. The number of hydrogen-bond acceptors (Lipinski definition) is 4. The summed E-state index contributed by atoms with van der Waals surface area (Å²) in [5.41, 5.74) is 0.0392. The fourth-order valence-electron chi connectivity index (χ4n) is 2.57. The van der Waals surface area contributed by atoms with Gasteiger partial charge in [-0.05, 0) is 25.8 Å². The largest absolute Gasteiger partial charge is 0.352 e. The molecule has 1 atom stereocenters. The molecule has 7 heteroatoms. The highest BCUT2D eigenvalue weighted by Gasteiger charge is 2.25. The maximum absolute atomic E-state index is 13.2. The summed E-state index contributed by atoms with van der Waals surface area (Å²) in [6, 6.07) is 3.09. The van der Waals surface area contributed by atoms with Gasteiger partial charge >= 0.3 is 0 Å². The Bertz CT molecular complexity index is 733. The first-order chi connectivity index (χ1) is 10.1. The maximum Gasteiger partial charge on any atom is 0.272 e. The van der Waals surface area contributed by atoms with E-state index in [1.807, 2.05) is 4.90 Å². The number of rotatable bonds is 2. The molecule has 1 fully saturated rings. The van der Waals surface area contributed by atoms with Gasteiger partial charge in [0.25, 0.3) is 5.56 Å². The minimum atomic E-state index is -0.624. The van der Waals surface area contributed by atoms with Gasteiger partial charge < -0.3 is 9.88 Å². The standard InChI is InChI=1S/C14H14ClFN4O/c1-8-3-2-6-20(8)13-11(15)14(21)19-12(18-13)9-4-5-17-10(16)7-9/h4-5,7-8H,2-3,6H2,1H3,(H,18,19,21)/t8-/m0/s1. The van der Waals surface area contributed by atoms with Gasteiger partial charge in [-0.25, -0.2) is 9.97 Å². The van der Waals surface area contributed by atoms with Crippen molar-refractivity contribution in [2.45, 2.75) is 25.8 Å². The molecular formula is C14H14ClFN4O. The summed E-state index contributed by atoms with van der Waals surface area (Å²) in [5.74, 6) is 0.124. The molecule has 5 nitrogen and oxygen atoms in total. The van der Waals surface area contributed by atoms with Crippen molar-refractivity contribution >= 4 is 17.4 Å². The first kappa shape index (κ1) is 14.0. The third-order valence-electron chi connectivity index (χ3n) is 3.67. The summed E-state index contributed by atoms with van der Waals surface area (Å²) in [4.78, 5) is 24.5. The first-order valence-corrected chi connectivity index (χ1v) is 7.12. The van der Waals surface area contributed by atoms with Gasteiger partial charge in [0, 0.05) is 30.4 Å². The van der Waals surface area contributed by atoms with Crippen LogP contribution in [-0.4, -0.2) is 27.5 Å². The molecule has 0 bridgehead atoms. The van der Waals surface area contributed by atoms with E-state index in [1.165, 1.54) is 12.3 Å². The SMILES string of the molecule is C[C@H]1CCCN1c1nc(-c2ccnc(F)c2)[nH]c(=O)c1Cl. The highest BCUT2D eigenvalue weighted by molar-refractivity contribution is 6.32. The fraction of sp³-hybridized carbons (Fsp3) is 0.357. The van der Waals surface area contributed by atoms with Crippen molar-refractivity contribution in [3.63, 3.8) is 0 Å². The molecule has 0 unspecified atom stereocenters. The zero-order valence-corrected chi connectivity index (χ0v) is 12.2. The van der Waals surface area contributed by atoms with Crippen LogP contribution in [0.4, 0.5) is 10.2 Å². The topological polar surface area (TPSA) is 61.9 Å². The van der Waals surface area contributed by atoms with Crippen LogP contribution < -0.4 is 10.5 Å². The predicted molar refractivity (Wildman–Crippen MR) is 79.1 cm³/mol. The van der Waals surface area contributed by atoms with E-state index in [0.29, 0.717) is 17.2 Å². The van der Waals surface area contributed by atoms with Crippen LogP contribution >= 0.6 is 11.6 Å². The van der Waals surface area contributed by atoms with Gasteiger partial charge in [-0.1, -0.05) is 11.6 Å². The summed E-state index contributed by atoms with van der Waals surface area (Å²) in [5, 5.41) is 0.0713. The lowest BCUT2D eigenvalue weighted by molar-refractivity contribution is 0.584. The predicted octanol–water partition coefficient (Wildman–Crippen LogP) is 2.61. The monoisotopic (exact) mass is 308 g/mol. The molecule has 0 spiro atoms. The van der Waals surface area contributed by atoms with Gasteiger partial charge in [-0.15, -0.1) is 0 Å². The lowest BCUT2D eigenvalue weighted by Crippen LogP contribution is -2.29. The van der Waals surface area contributed by atoms with E-state index in [4.69, 9.17) is 11.6 Å². The van der Waals surface area contributed by atoms with Crippen molar-refractivity contribution in [3.8, 4) is 11.4 Å². The molecular weight excluding hydrogens is 295 g/mol. The quantitative estimate of drug-likeness (QED) is 0.866. The van der Waals surface area contributed by atoms with Crippen molar-refractivity contribution in [3.05, 3.63) is 39.7 Å². The van der Waals surface area contributed by atoms with Crippen molar-refractivity contribution < 1.29 is 4.39 Å². The minimum Gasteiger partial charge on any atom is -0.352 e. The summed E-state index contributed by atoms with van der Waals surface area (Å²) in [6.45, 7) is 2.87. The van der Waals surface area contributed by atoms with E-state index in [9.17, 15) is 9.18 Å². The van der Waals surface area contributed by atoms with Crippen LogP contribution in [0.3, 0.4) is 0 Å². The average Bonchev–Trinajstić information content (AvgIpc) is 2.88. The second-order valence-electron chi connectivity index (χ2n) is 5.10. The van der Waals surface area contributed by atoms with Gasteiger partial charge in [0.15, 0.2) is 5.82 Å². The molecule has 2 aromatic heterocycles. The summed E-state index contributed by atoms with van der Waals surface area (Å²) < 4.78 is 13.2. The zero-order valence-electron chi connectivity index (χ0n) is 11.4. The van der Waals surface area contributed by atoms with Gasteiger partial charge in [0.2, 0.25) is 5.95 Å². The number of pyridine rings is 1. The number of nitrogens with zero attached hydrogens (tertiary/aromatic N) is 3. The Balaban J connectivity index is 2.12. The molecule has 0 radical (unpaired) electrons. The van der Waals surface area contributed by atoms with Crippen LogP contribution in [0.15, 0.2) is 23.1 Å². The molecule has 0 amide bonds. The zero-order chi connectivity index (χ0) is 15.0. The van der Waals surface area contributed by atoms with Crippen molar-refractivity contribution in [1.29, 1.82) is 0 Å². The van der Waals surface area contributed by atoms with E-state index in [2.05, 4.69) is 21.9 Å². The van der Waals surface area contributed by atoms with E-state index in [-0.39, 0.29) is 11.1 Å². The number of aromatic nitrogens is 3. The molecule has 2 aromatic rings. The van der Waals surface area contributed by atoms with Crippen LogP contribution in [0, 0.1) is 5.95 Å². The van der Waals surface area contributed by atoms with E-state index < -0.39 is 11.5 Å². The molecule has 1 aliphatic heterocycles. The molecule has 1 aliphatic rings. The van der Waals surface area contributed by atoms with Crippen LogP contribution in [0.2, 0.25) is 5.02 Å². The van der Waals surface area contributed by atoms with Crippen molar-refractivity contribution in [2.24, 2.45) is 0 Å². The van der Waals surface area contributed by atoms with Crippen molar-refractivity contribution in [1.82, 2.24) is 15.0 Å². The molecule has 110 valence electrons. The van der Waals surface area contributed by atoms with E-state index in [1.54, 1.807) is 6.07 Å². The maximum atomic E-state index is 13.2. The Morgan fingerprint density at radius 3 is 3.00 bits per heavy atom. The van der Waals surface area contributed by atoms with Crippen LogP contribution in [0.1, 0.15) is 19.8 Å². The number of H-pyrrole nitrogens is 1. The van der Waals surface area contributed by atoms with E-state index >= 15 is 0 Å². The van der Waals surface area contributed by atoms with Gasteiger partial charge in [-0.3, -0.25) is 4.79 Å². The Hall–Kier alpha value is -1.95. The molecule has 3 heterocycles. The van der Waals surface area contributed by atoms with Crippen LogP contribution in [0.5, 0.6) is 0 Å². The molecule has 21 heavy (non-hydrogen) atoms. The molecule has 0 saturated carbocycles. The second-order valence-corrected chi connectivity index (χ2v) is 5.48. The smallest absolute Gasteiger partial charge is 0.272 e. The fourth-order valence-corrected chi connectivity index (χ4v) is 2.77. The third kappa shape index (κ3) is 2.63. The Morgan fingerprint density at radius 1 is 1.52 bits per heavy atom. The summed E-state index contributed by atoms with van der Waals surface area (Å²) in [7, 11) is 0. The number of hydrogen-bond donors (Lipinski definition) is 1. The molecule has 1 N–H and O–H groups in total. The number of nitrogens with one attached hydrogen (secondary N) is 1. The Labute approximate surface area is 125 Å². The van der Waals surface area contributed by atoms with Crippen LogP contribution in [-0.2, 0) is 0 Å². The number of halogens is 2. The molecule has 1 saturated heterocycles. The molecule has 0 aromatic carbocycles. The minimum absolute atomic E-state index is 0.0713. The van der Waals surface area contributed by atoms with Gasteiger partial charge in [0.05, 0.1) is 0 Å². The lowest BCUT2D eigenvalue weighted by atomic mass is 10.2. The number of anilines is 1. The van der Waals surface area contributed by atoms with Gasteiger partial charge in [-0.2, -0.15) is 4.39 Å². The summed E-state index contributed by atoms with van der Waals surface area (Å²) in [6.07, 6.45) is 3.40. The molecule has 0 aliphatic carbocycles. The highest BCUT2D eigenvalue weighted by atomic mass is 35.5.